The van der Waals surface area contributed by atoms with Gasteiger partial charge in [-0.05, 0) is 60.5 Å². The lowest BCUT2D eigenvalue weighted by atomic mass is 9.82. The molecular weight excluding hydrogens is 482 g/mol. The predicted molar refractivity (Wildman–Crippen MR) is 149 cm³/mol. The van der Waals surface area contributed by atoms with E-state index in [2.05, 4.69) is 29.2 Å². The third kappa shape index (κ3) is 3.69. The fourth-order valence-corrected chi connectivity index (χ4v) is 5.60. The van der Waals surface area contributed by atoms with Crippen LogP contribution in [-0.2, 0) is 6.42 Å². The number of hydrogen-bond donors (Lipinski definition) is 0. The number of para-hydroxylation sites is 6. The Kier molecular flexibility index (Phi) is 5.29. The first-order valence-electron chi connectivity index (χ1n) is 12.7. The van der Waals surface area contributed by atoms with Crippen molar-refractivity contribution < 1.29 is 9.47 Å². The first-order chi connectivity index (χ1) is 19.2. The highest BCUT2D eigenvalue weighted by Gasteiger charge is 2.31. The van der Waals surface area contributed by atoms with Gasteiger partial charge in [-0.1, -0.05) is 60.7 Å². The molecule has 0 bridgehead atoms. The summed E-state index contributed by atoms with van der Waals surface area (Å²) < 4.78 is 12.5. The van der Waals surface area contributed by atoms with E-state index in [1.54, 1.807) is 0 Å². The summed E-state index contributed by atoms with van der Waals surface area (Å²) in [6.07, 6.45) is 0.606. The zero-order chi connectivity index (χ0) is 26.3. The van der Waals surface area contributed by atoms with Crippen LogP contribution in [0.5, 0.6) is 23.0 Å². The molecule has 5 nitrogen and oxygen atoms in total. The topological polar surface area (TPSA) is 69.3 Å². The molecule has 0 radical (unpaired) electrons. The number of rotatable bonds is 3. The van der Waals surface area contributed by atoms with E-state index in [-0.39, 0.29) is 5.92 Å². The molecule has 0 unspecified atom stereocenters. The highest BCUT2D eigenvalue weighted by atomic mass is 16.5. The lowest BCUT2D eigenvalue weighted by Crippen LogP contribution is -2.19. The lowest BCUT2D eigenvalue weighted by Gasteiger charge is -2.35. The van der Waals surface area contributed by atoms with Crippen molar-refractivity contribution in [2.45, 2.75) is 12.3 Å². The van der Waals surface area contributed by atoms with E-state index in [0.29, 0.717) is 17.5 Å². The first kappa shape index (κ1) is 22.7. The molecule has 0 saturated carbocycles. The summed E-state index contributed by atoms with van der Waals surface area (Å²) in [5.74, 6) is 3.12. The lowest BCUT2D eigenvalue weighted by molar-refractivity contribution is 0.445. The quantitative estimate of drug-likeness (QED) is 0.242. The van der Waals surface area contributed by atoms with Crippen molar-refractivity contribution in [3.05, 3.63) is 137 Å². The maximum atomic E-state index is 9.97. The average Bonchev–Trinajstić information content (AvgIpc) is 2.99. The third-order valence-corrected chi connectivity index (χ3v) is 7.37. The van der Waals surface area contributed by atoms with Crippen LogP contribution >= 0.6 is 0 Å². The molecule has 2 heterocycles. The minimum atomic E-state index is -0.00379. The predicted octanol–water partition coefficient (Wildman–Crippen LogP) is 8.49. The average molecular weight is 504 g/mol. The zero-order valence-electron chi connectivity index (χ0n) is 20.8. The van der Waals surface area contributed by atoms with Crippen molar-refractivity contribution >= 4 is 17.1 Å². The second kappa shape index (κ2) is 9.10. The second-order valence-electron chi connectivity index (χ2n) is 9.56. The molecule has 7 rings (SSSR count). The number of ether oxygens (including phenoxy) is 2. The first-order valence-corrected chi connectivity index (χ1v) is 12.7. The molecule has 0 aliphatic carbocycles. The molecule has 0 N–H and O–H groups in total. The zero-order valence-corrected chi connectivity index (χ0v) is 20.8. The number of hydrogen-bond acceptors (Lipinski definition) is 5. The molecule has 184 valence electrons. The van der Waals surface area contributed by atoms with Crippen molar-refractivity contribution in [1.82, 2.24) is 0 Å². The van der Waals surface area contributed by atoms with Gasteiger partial charge in [0.1, 0.15) is 23.6 Å². The van der Waals surface area contributed by atoms with Gasteiger partial charge in [-0.2, -0.15) is 10.5 Å². The van der Waals surface area contributed by atoms with Crippen molar-refractivity contribution in [1.29, 1.82) is 10.5 Å². The SMILES string of the molecule is N#Cc1cc(CC2c3ccccc3Oc3ccccc32)c(N2c3ccccc3Oc3ccccc32)cc1C#N. The van der Waals surface area contributed by atoms with Gasteiger partial charge in [-0.3, -0.25) is 0 Å². The molecule has 0 spiro atoms. The Morgan fingerprint density at radius 2 is 1.03 bits per heavy atom. The van der Waals surface area contributed by atoms with E-state index in [1.807, 2.05) is 97.1 Å². The molecule has 2 aliphatic rings. The van der Waals surface area contributed by atoms with E-state index in [1.165, 1.54) is 0 Å². The van der Waals surface area contributed by atoms with Crippen molar-refractivity contribution in [3.8, 4) is 35.1 Å². The van der Waals surface area contributed by atoms with Gasteiger partial charge in [-0.15, -0.1) is 0 Å². The monoisotopic (exact) mass is 503 g/mol. The summed E-state index contributed by atoms with van der Waals surface area (Å²) in [7, 11) is 0. The van der Waals surface area contributed by atoms with Crippen LogP contribution in [0.15, 0.2) is 109 Å². The number of nitrogens with zero attached hydrogens (tertiary/aromatic N) is 3. The Morgan fingerprint density at radius 3 is 1.59 bits per heavy atom. The van der Waals surface area contributed by atoms with E-state index in [4.69, 9.17) is 9.47 Å². The summed E-state index contributed by atoms with van der Waals surface area (Å²) in [4.78, 5) is 2.14. The van der Waals surface area contributed by atoms with E-state index in [9.17, 15) is 10.5 Å². The largest absolute Gasteiger partial charge is 0.457 e. The Labute approximate surface area is 226 Å². The van der Waals surface area contributed by atoms with Gasteiger partial charge in [0, 0.05) is 17.0 Å². The van der Waals surface area contributed by atoms with E-state index < -0.39 is 0 Å². The molecule has 0 aromatic heterocycles. The highest BCUT2D eigenvalue weighted by Crippen LogP contribution is 2.52. The summed E-state index contributed by atoms with van der Waals surface area (Å²) in [5, 5.41) is 19.9. The van der Waals surface area contributed by atoms with Crippen molar-refractivity contribution in [2.75, 3.05) is 4.90 Å². The van der Waals surface area contributed by atoms with Gasteiger partial charge >= 0.3 is 0 Å². The molecule has 0 saturated heterocycles. The van der Waals surface area contributed by atoms with Crippen LogP contribution in [0.4, 0.5) is 17.1 Å². The van der Waals surface area contributed by atoms with Gasteiger partial charge in [0.2, 0.25) is 0 Å². The summed E-state index contributed by atoms with van der Waals surface area (Å²) in [6, 6.07) is 40.1. The van der Waals surface area contributed by atoms with E-state index >= 15 is 0 Å². The number of anilines is 3. The van der Waals surface area contributed by atoms with Crippen LogP contribution in [0.25, 0.3) is 0 Å². The second-order valence-corrected chi connectivity index (χ2v) is 9.56. The molecule has 5 aromatic carbocycles. The van der Waals surface area contributed by atoms with Crippen LogP contribution in [0, 0.1) is 22.7 Å². The Bertz CT molecular complexity index is 1760. The number of benzene rings is 5. The van der Waals surface area contributed by atoms with E-state index in [0.717, 1.165) is 56.8 Å². The Balaban J connectivity index is 1.46. The molecule has 2 aliphatic heterocycles. The molecule has 39 heavy (non-hydrogen) atoms. The van der Waals surface area contributed by atoms with Crippen LogP contribution in [-0.4, -0.2) is 0 Å². The fraction of sp³-hybridized carbons (Fsp3) is 0.0588. The highest BCUT2D eigenvalue weighted by molar-refractivity contribution is 5.88. The minimum Gasteiger partial charge on any atom is -0.457 e. The molecule has 0 amide bonds. The van der Waals surface area contributed by atoms with Gasteiger partial charge in [0.15, 0.2) is 11.5 Å². The fourth-order valence-electron chi connectivity index (χ4n) is 5.60. The van der Waals surface area contributed by atoms with Gasteiger partial charge in [0.25, 0.3) is 0 Å². The Hall–Kier alpha value is -5.52. The smallest absolute Gasteiger partial charge is 0.151 e. The Morgan fingerprint density at radius 1 is 0.564 bits per heavy atom. The molecule has 5 aromatic rings. The summed E-state index contributed by atoms with van der Waals surface area (Å²) in [6.45, 7) is 0. The number of fused-ring (bicyclic) bond motifs is 4. The van der Waals surface area contributed by atoms with Crippen LogP contribution in [0.2, 0.25) is 0 Å². The molecule has 5 heteroatoms. The van der Waals surface area contributed by atoms with Gasteiger partial charge in [0.05, 0.1) is 28.2 Å². The van der Waals surface area contributed by atoms with Crippen LogP contribution in [0.1, 0.15) is 33.7 Å². The van der Waals surface area contributed by atoms with Crippen LogP contribution in [0.3, 0.4) is 0 Å². The summed E-state index contributed by atoms with van der Waals surface area (Å²) in [5.41, 5.74) is 6.42. The maximum Gasteiger partial charge on any atom is 0.151 e. The summed E-state index contributed by atoms with van der Waals surface area (Å²) >= 11 is 0. The molecule has 0 atom stereocenters. The molecule has 0 fully saturated rings. The van der Waals surface area contributed by atoms with Crippen LogP contribution < -0.4 is 14.4 Å². The third-order valence-electron chi connectivity index (χ3n) is 7.37. The standard InChI is InChI=1S/C34H21N3O2/c35-20-23-17-22(18-27-25-9-1-5-13-31(25)38-32-14-6-2-10-26(27)32)30(19-24(23)21-36)37-28-11-3-7-15-33(28)39-34-16-8-4-12-29(34)37/h1-17,19,27H,18H2. The van der Waals surface area contributed by atoms with Gasteiger partial charge in [-0.25, -0.2) is 0 Å². The normalized spacial score (nSPS) is 12.9. The molecular formula is C34H21N3O2. The van der Waals surface area contributed by atoms with Gasteiger partial charge < -0.3 is 14.4 Å². The van der Waals surface area contributed by atoms with Crippen molar-refractivity contribution in [3.63, 3.8) is 0 Å². The van der Waals surface area contributed by atoms with Crippen molar-refractivity contribution in [2.24, 2.45) is 0 Å². The maximum absolute atomic E-state index is 9.97. The number of nitriles is 2. The minimum absolute atomic E-state index is 0.00379.